The Morgan fingerprint density at radius 1 is 0.210 bits per heavy atom. The van der Waals surface area contributed by atoms with Crippen LogP contribution in [0.5, 0.6) is 0 Å². The third-order valence-corrected chi connectivity index (χ3v) is 25.9. The molecule has 0 spiro atoms. The largest absolute Gasteiger partial charge is 0.307 e. The third kappa shape index (κ3) is 11.8. The fourth-order valence-electron chi connectivity index (χ4n) is 19.8. The molecular weight excluding hydrogens is 1510 g/mol. The molecule has 12 nitrogen and oxygen atoms in total. The maximum atomic E-state index is 5.27. The van der Waals surface area contributed by atoms with Gasteiger partial charge in [-0.1, -0.05) is 278 Å². The maximum Gasteiger partial charge on any atom is 0.238 e. The summed E-state index contributed by atoms with van der Waals surface area (Å²) >= 11 is 0. The van der Waals surface area contributed by atoms with E-state index in [1.807, 2.05) is 97.6 Å². The van der Waals surface area contributed by atoms with Gasteiger partial charge in [-0.3, -0.25) is 29.1 Å². The average molecular weight is 1590 g/mol. The molecule has 0 saturated carbocycles. The van der Waals surface area contributed by atoms with Gasteiger partial charge >= 0.3 is 0 Å². The Morgan fingerprint density at radius 2 is 0.548 bits per heavy atom. The average Bonchev–Trinajstić information content (AvgIpc) is 1.56. The predicted octanol–water partition coefficient (Wildman–Crippen LogP) is 27.0. The summed E-state index contributed by atoms with van der Waals surface area (Å²) < 4.78 is 6.71. The predicted molar refractivity (Wildman–Crippen MR) is 505 cm³/mol. The second kappa shape index (κ2) is 28.7. The molecule has 9 heterocycles. The summed E-state index contributed by atoms with van der Waals surface area (Å²) in [4.78, 5) is 45.2. The van der Waals surface area contributed by atoms with Gasteiger partial charge in [-0.25, -0.2) is 15.0 Å². The van der Waals surface area contributed by atoms with Crippen LogP contribution in [0.1, 0.15) is 74.9 Å². The van der Waals surface area contributed by atoms with Crippen molar-refractivity contribution in [3.63, 3.8) is 0 Å². The molecule has 22 aromatic rings. The molecule has 0 bridgehead atoms. The van der Waals surface area contributed by atoms with Crippen molar-refractivity contribution in [2.24, 2.45) is 0 Å². The monoisotopic (exact) mass is 1590 g/mol. The summed E-state index contributed by atoms with van der Waals surface area (Å²) in [7, 11) is 0. The zero-order valence-corrected chi connectivity index (χ0v) is 69.2. The molecule has 0 radical (unpaired) electrons. The normalized spacial score (nSPS) is 13.4. The van der Waals surface area contributed by atoms with E-state index in [0.717, 1.165) is 127 Å². The molecule has 124 heavy (non-hydrogen) atoms. The molecular formula is C112H80N12. The Morgan fingerprint density at radius 3 is 0.976 bits per heavy atom. The van der Waals surface area contributed by atoms with Gasteiger partial charge < -0.3 is 4.57 Å². The molecule has 25 rings (SSSR count). The summed E-state index contributed by atoms with van der Waals surface area (Å²) in [5, 5.41) is 4.53. The van der Waals surface area contributed by atoms with Crippen LogP contribution >= 0.6 is 0 Å². The van der Waals surface area contributed by atoms with E-state index in [1.165, 1.54) is 77.7 Å². The minimum atomic E-state index is -0.135. The number of aromatic nitrogens is 12. The minimum absolute atomic E-state index is 0.0350. The molecule has 588 valence electrons. The molecule has 9 aromatic heterocycles. The van der Waals surface area contributed by atoms with Crippen molar-refractivity contribution in [3.05, 3.63) is 410 Å². The third-order valence-electron chi connectivity index (χ3n) is 25.9. The van der Waals surface area contributed by atoms with Crippen LogP contribution in [-0.4, -0.2) is 58.6 Å². The van der Waals surface area contributed by atoms with Gasteiger partial charge in [0.25, 0.3) is 0 Å². The minimum Gasteiger partial charge on any atom is -0.307 e. The molecule has 0 saturated heterocycles. The fourth-order valence-corrected chi connectivity index (χ4v) is 19.8. The summed E-state index contributed by atoms with van der Waals surface area (Å²) in [6.45, 7) is 13.9. The second-order valence-electron chi connectivity index (χ2n) is 34.1. The summed E-state index contributed by atoms with van der Waals surface area (Å²) in [5.41, 5.74) is 37.1. The number of hydrogen-bond acceptors (Lipinski definition) is 9. The Bertz CT molecular complexity index is 7920. The molecule has 13 aromatic carbocycles. The lowest BCUT2D eigenvalue weighted by atomic mass is 9.82. The van der Waals surface area contributed by atoms with Gasteiger partial charge in [-0.15, -0.1) is 0 Å². The van der Waals surface area contributed by atoms with Crippen LogP contribution in [0.25, 0.3) is 195 Å². The number of hydrogen-bond donors (Lipinski definition) is 0. The number of nitrogens with zero attached hydrogens (tertiary/aromatic N) is 12. The van der Waals surface area contributed by atoms with E-state index in [9.17, 15) is 0 Å². The highest BCUT2D eigenvalue weighted by Crippen LogP contribution is 2.55. The highest BCUT2D eigenvalue weighted by molar-refractivity contribution is 6.13. The van der Waals surface area contributed by atoms with E-state index >= 15 is 0 Å². The zero-order chi connectivity index (χ0) is 83.1. The molecule has 0 amide bonds. The van der Waals surface area contributed by atoms with Gasteiger partial charge in [-0.2, -0.15) is 9.97 Å². The lowest BCUT2D eigenvalue weighted by molar-refractivity contribution is 0.661. The molecule has 0 fully saturated rings. The topological polar surface area (TPSA) is 131 Å². The van der Waals surface area contributed by atoms with Gasteiger partial charge in [0.1, 0.15) is 0 Å². The van der Waals surface area contributed by atoms with Crippen molar-refractivity contribution < 1.29 is 0 Å². The van der Waals surface area contributed by atoms with E-state index in [1.54, 1.807) is 0 Å². The standard InChI is InChI=1S/C47H33N5.C36H26N4.C29H21N3/c1-47(2)39-23-10-9-22-36(39)37-29-42-38(28-40(37)47)43-41(24-13-25-48-43)52(42)46-50-44(34-20-11-18-32(26-34)30-14-5-3-6-15-30)49-45(51-46)35-21-12-19-33(27-35)31-16-7-4-8-17-31;1-36(2)28-17-10-9-16-25(28)26-21-33-27(20-29(26)36)34-32(18-11-19-37-34)40(33)35-38-30(23-12-5-3-6-13-23)22-31(39-35)24-14-7-4-8-15-24;1-29(2)22-10-4-3-8-18(22)20-17-27-21(16-23(20)29)28-26(13-7-15-31-28)32(27)25-12-5-11-24-19(25)9-6-14-30-24/h3-29H,1-2H3;3-22H,1-2H3;3-17H,1-2H3. The Labute approximate surface area is 717 Å². The SMILES string of the molecule is CC1(C)c2ccccc2-c2cc3c(cc21)c1ncccc1n3-c1cccc2ncccc12.CC1(C)c2ccccc2-c2cc3c(cc21)c1ncccc1n3-c1nc(-c2cccc(-c3ccccc3)c2)nc(-c2cccc(-c3ccccc3)c2)n1.CC1(C)c2ccccc2-c2cc3c(cc21)c1ncccc1n3-c1nc(-c2ccccc2)cc(-c2ccccc2)n1. The van der Waals surface area contributed by atoms with Crippen molar-refractivity contribution >= 4 is 76.7 Å². The van der Waals surface area contributed by atoms with Crippen LogP contribution in [0.2, 0.25) is 0 Å². The van der Waals surface area contributed by atoms with Gasteiger partial charge in [-0.05, 0) is 204 Å². The van der Waals surface area contributed by atoms with Crippen LogP contribution in [0.4, 0.5) is 0 Å². The first-order valence-corrected chi connectivity index (χ1v) is 42.3. The molecule has 3 aliphatic carbocycles. The zero-order valence-electron chi connectivity index (χ0n) is 69.2. The first kappa shape index (κ1) is 73.4. The van der Waals surface area contributed by atoms with Crippen molar-refractivity contribution in [1.82, 2.24) is 58.6 Å². The van der Waals surface area contributed by atoms with Crippen LogP contribution in [0, 0.1) is 0 Å². The Hall–Kier alpha value is -15.8. The molecule has 0 aliphatic heterocycles. The van der Waals surface area contributed by atoms with E-state index in [4.69, 9.17) is 39.9 Å². The van der Waals surface area contributed by atoms with E-state index < -0.39 is 0 Å². The summed E-state index contributed by atoms with van der Waals surface area (Å²) in [6.07, 6.45) is 7.48. The summed E-state index contributed by atoms with van der Waals surface area (Å²) in [5.74, 6) is 2.40. The number of pyridine rings is 4. The first-order chi connectivity index (χ1) is 60.8. The van der Waals surface area contributed by atoms with Gasteiger partial charge in [0.05, 0.1) is 72.2 Å². The van der Waals surface area contributed by atoms with Crippen molar-refractivity contribution in [1.29, 1.82) is 0 Å². The smallest absolute Gasteiger partial charge is 0.238 e. The summed E-state index contributed by atoms with van der Waals surface area (Å²) in [6, 6.07) is 124. The lowest BCUT2D eigenvalue weighted by Gasteiger charge is -2.21. The number of fused-ring (bicyclic) bond motifs is 19. The van der Waals surface area contributed by atoms with Gasteiger partial charge in [0, 0.05) is 84.8 Å². The molecule has 0 N–H and O–H groups in total. The molecule has 12 heteroatoms. The molecule has 0 unspecified atom stereocenters. The molecule has 0 atom stereocenters. The van der Waals surface area contributed by atoms with Crippen LogP contribution in [-0.2, 0) is 16.2 Å². The van der Waals surface area contributed by atoms with E-state index in [0.29, 0.717) is 23.5 Å². The fraction of sp³-hybridized carbons (Fsp3) is 0.0804. The van der Waals surface area contributed by atoms with Crippen LogP contribution in [0.3, 0.4) is 0 Å². The van der Waals surface area contributed by atoms with Crippen molar-refractivity contribution in [2.45, 2.75) is 57.8 Å². The maximum absolute atomic E-state index is 5.27. The number of rotatable bonds is 9. The van der Waals surface area contributed by atoms with Crippen molar-refractivity contribution in [2.75, 3.05) is 0 Å². The van der Waals surface area contributed by atoms with Crippen LogP contribution in [0.15, 0.2) is 377 Å². The van der Waals surface area contributed by atoms with E-state index in [2.05, 4.69) is 339 Å². The first-order valence-electron chi connectivity index (χ1n) is 42.3. The van der Waals surface area contributed by atoms with Gasteiger partial charge in [0.15, 0.2) is 11.6 Å². The highest BCUT2D eigenvalue weighted by Gasteiger charge is 2.40. The van der Waals surface area contributed by atoms with Crippen LogP contribution < -0.4 is 0 Å². The van der Waals surface area contributed by atoms with Gasteiger partial charge in [0.2, 0.25) is 11.9 Å². The highest BCUT2D eigenvalue weighted by atomic mass is 15.2. The van der Waals surface area contributed by atoms with E-state index in [-0.39, 0.29) is 16.2 Å². The van der Waals surface area contributed by atoms with Crippen molar-refractivity contribution in [3.8, 4) is 119 Å². The second-order valence-corrected chi connectivity index (χ2v) is 34.1. The Kier molecular flexibility index (Phi) is 17.0. The quantitative estimate of drug-likeness (QED) is 0.139. The Balaban J connectivity index is 0.000000111. The number of benzene rings is 13. The lowest BCUT2D eigenvalue weighted by Crippen LogP contribution is -2.14. The molecule has 3 aliphatic rings.